The first-order valence-corrected chi connectivity index (χ1v) is 10.4. The van der Waals surface area contributed by atoms with Crippen molar-refractivity contribution in [3.05, 3.63) is 0 Å². The molecule has 1 aliphatic carbocycles. The van der Waals surface area contributed by atoms with Crippen LogP contribution in [0.5, 0.6) is 0 Å². The number of nitrogens with zero attached hydrogens (tertiary/aromatic N) is 1. The van der Waals surface area contributed by atoms with Crippen molar-refractivity contribution in [3.8, 4) is 0 Å². The zero-order valence-corrected chi connectivity index (χ0v) is 17.7. The van der Waals surface area contributed by atoms with Crippen molar-refractivity contribution in [2.24, 2.45) is 5.92 Å². The summed E-state index contributed by atoms with van der Waals surface area (Å²) in [6, 6.07) is 0.728. The number of rotatable bonds is 3. The van der Waals surface area contributed by atoms with Crippen LogP contribution in [0.2, 0.25) is 0 Å². The van der Waals surface area contributed by atoms with E-state index in [1.54, 1.807) is 0 Å². The first-order valence-electron chi connectivity index (χ1n) is 10.4. The molecule has 2 aliphatic heterocycles. The van der Waals surface area contributed by atoms with Gasteiger partial charge in [0, 0.05) is 31.1 Å². The van der Waals surface area contributed by atoms with Gasteiger partial charge in [0.1, 0.15) is 0 Å². The van der Waals surface area contributed by atoms with Crippen molar-refractivity contribution in [2.75, 3.05) is 26.2 Å². The van der Waals surface area contributed by atoms with Crippen LogP contribution in [0.3, 0.4) is 0 Å². The van der Waals surface area contributed by atoms with Gasteiger partial charge in [0.2, 0.25) is 5.91 Å². The van der Waals surface area contributed by atoms with Crippen LogP contribution in [-0.4, -0.2) is 71.5 Å². The molecule has 3 amide bonds. The molecule has 5 N–H and O–H groups in total. The standard InChI is InChI=1S/C18H32N4O2.CH2O3.ClH/c23-17(20-15-4-2-1-3-5-15)14-8-12-22(13-9-14)18(24)21-16-6-10-19-11-7-16;2-1(3)4;/h14-16,19H,1-13H2,(H,20,23)(H,21,24);(H2,2,3,4);1H. The van der Waals surface area contributed by atoms with Crippen molar-refractivity contribution in [1.82, 2.24) is 20.9 Å². The molecule has 0 unspecified atom stereocenters. The molecule has 3 fully saturated rings. The van der Waals surface area contributed by atoms with E-state index < -0.39 is 6.16 Å². The third-order valence-corrected chi connectivity index (χ3v) is 5.77. The second kappa shape index (κ2) is 13.5. The summed E-state index contributed by atoms with van der Waals surface area (Å²) >= 11 is 0. The molecule has 0 atom stereocenters. The fourth-order valence-electron chi connectivity index (χ4n) is 4.14. The predicted molar refractivity (Wildman–Crippen MR) is 112 cm³/mol. The van der Waals surface area contributed by atoms with Gasteiger partial charge >= 0.3 is 12.2 Å². The first-order chi connectivity index (χ1) is 13.5. The van der Waals surface area contributed by atoms with Crippen LogP contribution in [0.1, 0.15) is 57.8 Å². The fraction of sp³-hybridized carbons (Fsp3) is 0.842. The molecule has 0 aromatic rings. The molecule has 29 heavy (non-hydrogen) atoms. The molecule has 168 valence electrons. The van der Waals surface area contributed by atoms with E-state index in [-0.39, 0.29) is 30.3 Å². The number of carboxylic acid groups (broad SMARTS) is 2. The van der Waals surface area contributed by atoms with Gasteiger partial charge in [-0.2, -0.15) is 0 Å². The second-order valence-corrected chi connectivity index (χ2v) is 7.86. The van der Waals surface area contributed by atoms with Crippen LogP contribution < -0.4 is 16.0 Å². The highest BCUT2D eigenvalue weighted by Crippen LogP contribution is 2.21. The number of carbonyl (C=O) groups is 3. The summed E-state index contributed by atoms with van der Waals surface area (Å²) in [5, 5.41) is 23.6. The molecule has 0 radical (unpaired) electrons. The Hall–Kier alpha value is -1.74. The summed E-state index contributed by atoms with van der Waals surface area (Å²) in [6.45, 7) is 3.35. The SMILES string of the molecule is Cl.O=C(NC1CCCCC1)C1CCN(C(=O)NC2CCNCC2)CC1.O=C(O)O. The van der Waals surface area contributed by atoms with Gasteiger partial charge < -0.3 is 31.1 Å². The highest BCUT2D eigenvalue weighted by Gasteiger charge is 2.29. The largest absolute Gasteiger partial charge is 0.503 e. The van der Waals surface area contributed by atoms with Gasteiger partial charge in [-0.15, -0.1) is 12.4 Å². The number of nitrogens with one attached hydrogen (secondary N) is 3. The van der Waals surface area contributed by atoms with Crippen LogP contribution >= 0.6 is 12.4 Å². The van der Waals surface area contributed by atoms with Gasteiger partial charge in [-0.3, -0.25) is 4.79 Å². The molecule has 9 nitrogen and oxygen atoms in total. The number of hydrogen-bond acceptors (Lipinski definition) is 4. The number of piperidine rings is 2. The van der Waals surface area contributed by atoms with E-state index in [0.29, 0.717) is 25.2 Å². The van der Waals surface area contributed by atoms with E-state index in [2.05, 4.69) is 16.0 Å². The van der Waals surface area contributed by atoms with Crippen LogP contribution in [0, 0.1) is 5.92 Å². The maximum Gasteiger partial charge on any atom is 0.503 e. The molecular weight excluding hydrogens is 400 g/mol. The number of carbonyl (C=O) groups excluding carboxylic acids is 2. The number of hydrogen-bond donors (Lipinski definition) is 5. The second-order valence-electron chi connectivity index (χ2n) is 7.86. The molecule has 0 aromatic carbocycles. The van der Waals surface area contributed by atoms with Gasteiger partial charge in [0.15, 0.2) is 0 Å². The molecule has 3 rings (SSSR count). The minimum atomic E-state index is -1.83. The lowest BCUT2D eigenvalue weighted by atomic mass is 9.92. The normalized spacial score (nSPS) is 21.2. The van der Waals surface area contributed by atoms with Crippen molar-refractivity contribution < 1.29 is 24.6 Å². The number of urea groups is 1. The van der Waals surface area contributed by atoms with E-state index >= 15 is 0 Å². The minimum absolute atomic E-state index is 0. The van der Waals surface area contributed by atoms with Gasteiger partial charge in [-0.05, 0) is 51.6 Å². The van der Waals surface area contributed by atoms with Crippen molar-refractivity contribution in [1.29, 1.82) is 0 Å². The van der Waals surface area contributed by atoms with E-state index in [1.807, 2.05) is 4.90 Å². The zero-order valence-electron chi connectivity index (χ0n) is 16.9. The number of amides is 3. The average molecular weight is 435 g/mol. The molecule has 1 saturated carbocycles. The Bertz CT molecular complexity index is 473. The summed E-state index contributed by atoms with van der Waals surface area (Å²) in [7, 11) is 0. The lowest BCUT2D eigenvalue weighted by molar-refractivity contribution is -0.127. The molecule has 0 spiro atoms. The Balaban J connectivity index is 0.000000771. The lowest BCUT2D eigenvalue weighted by Crippen LogP contribution is -2.51. The monoisotopic (exact) mass is 434 g/mol. The van der Waals surface area contributed by atoms with Gasteiger partial charge in [0.25, 0.3) is 0 Å². The molecule has 2 saturated heterocycles. The number of likely N-dealkylation sites (tertiary alicyclic amines) is 1. The third kappa shape index (κ3) is 9.54. The third-order valence-electron chi connectivity index (χ3n) is 5.77. The van der Waals surface area contributed by atoms with Crippen molar-refractivity contribution in [2.45, 2.75) is 69.9 Å². The Morgan fingerprint density at radius 1 is 0.793 bits per heavy atom. The zero-order chi connectivity index (χ0) is 20.4. The van der Waals surface area contributed by atoms with Crippen LogP contribution in [0.4, 0.5) is 9.59 Å². The van der Waals surface area contributed by atoms with Crippen LogP contribution in [0.15, 0.2) is 0 Å². The predicted octanol–water partition coefficient (Wildman–Crippen LogP) is 2.25. The summed E-state index contributed by atoms with van der Waals surface area (Å²) in [4.78, 5) is 35.2. The molecule has 10 heteroatoms. The maximum absolute atomic E-state index is 12.4. The minimum Gasteiger partial charge on any atom is -0.450 e. The molecule has 0 bridgehead atoms. The Morgan fingerprint density at radius 3 is 1.86 bits per heavy atom. The highest BCUT2D eigenvalue weighted by molar-refractivity contribution is 5.85. The van der Waals surface area contributed by atoms with E-state index in [9.17, 15) is 9.59 Å². The summed E-state index contributed by atoms with van der Waals surface area (Å²) in [5.41, 5.74) is 0. The molecule has 3 aliphatic rings. The van der Waals surface area contributed by atoms with Crippen molar-refractivity contribution in [3.63, 3.8) is 0 Å². The van der Waals surface area contributed by atoms with Crippen LogP contribution in [-0.2, 0) is 4.79 Å². The van der Waals surface area contributed by atoms with Gasteiger partial charge in [-0.1, -0.05) is 19.3 Å². The smallest absolute Gasteiger partial charge is 0.450 e. The Labute approximate surface area is 178 Å². The van der Waals surface area contributed by atoms with Crippen molar-refractivity contribution >= 4 is 30.5 Å². The topological polar surface area (TPSA) is 131 Å². The lowest BCUT2D eigenvalue weighted by Gasteiger charge is -2.34. The van der Waals surface area contributed by atoms with E-state index in [0.717, 1.165) is 51.6 Å². The quantitative estimate of drug-likeness (QED) is 0.463. The van der Waals surface area contributed by atoms with E-state index in [4.69, 9.17) is 15.0 Å². The molecular formula is C19H35ClN4O5. The van der Waals surface area contributed by atoms with Gasteiger partial charge in [-0.25, -0.2) is 9.59 Å². The molecule has 2 heterocycles. The van der Waals surface area contributed by atoms with Crippen LogP contribution in [0.25, 0.3) is 0 Å². The van der Waals surface area contributed by atoms with Gasteiger partial charge in [0.05, 0.1) is 0 Å². The average Bonchev–Trinajstić information content (AvgIpc) is 2.69. The highest BCUT2D eigenvalue weighted by atomic mass is 35.5. The fourth-order valence-corrected chi connectivity index (χ4v) is 4.14. The number of halogens is 1. The maximum atomic E-state index is 12.4. The summed E-state index contributed by atoms with van der Waals surface area (Å²) < 4.78 is 0. The van der Waals surface area contributed by atoms with E-state index in [1.165, 1.54) is 19.3 Å². The Morgan fingerprint density at radius 2 is 1.31 bits per heavy atom. The Kier molecular flexibility index (Phi) is 11.8. The summed E-state index contributed by atoms with van der Waals surface area (Å²) in [6.07, 6.45) is 7.79. The first kappa shape index (κ1) is 25.3. The molecule has 0 aromatic heterocycles. The summed E-state index contributed by atoms with van der Waals surface area (Å²) in [5.74, 6) is 0.287.